The van der Waals surface area contributed by atoms with Gasteiger partial charge in [0.1, 0.15) is 11.6 Å². The Bertz CT molecular complexity index is 1030. The van der Waals surface area contributed by atoms with Gasteiger partial charge in [-0.1, -0.05) is 18.2 Å². The van der Waals surface area contributed by atoms with Crippen molar-refractivity contribution in [3.63, 3.8) is 0 Å². The molecule has 0 unspecified atom stereocenters. The Balaban J connectivity index is 1.57. The summed E-state index contributed by atoms with van der Waals surface area (Å²) in [6.45, 7) is 4.83. The van der Waals surface area contributed by atoms with Crippen LogP contribution in [0.3, 0.4) is 0 Å². The number of carbonyl (C=O) groups excluding carboxylic acids is 1. The van der Waals surface area contributed by atoms with Crippen molar-refractivity contribution in [1.29, 1.82) is 0 Å². The zero-order chi connectivity index (χ0) is 23.0. The van der Waals surface area contributed by atoms with Gasteiger partial charge in [0.25, 0.3) is 5.92 Å². The quantitative estimate of drug-likeness (QED) is 0.675. The fourth-order valence-corrected chi connectivity index (χ4v) is 4.13. The lowest BCUT2D eigenvalue weighted by atomic mass is 10.0. The number of rotatable bonds is 4. The number of morpholine rings is 1. The normalized spacial score (nSPS) is 17.3. The third-order valence-electron chi connectivity index (χ3n) is 5.63. The molecule has 0 radical (unpaired) electrons. The Morgan fingerprint density at radius 3 is 2.62 bits per heavy atom. The van der Waals surface area contributed by atoms with E-state index in [1.807, 2.05) is 0 Å². The molecule has 2 aromatic rings. The lowest BCUT2D eigenvalue weighted by Crippen LogP contribution is -2.46. The Morgan fingerprint density at radius 2 is 1.94 bits per heavy atom. The molecule has 1 saturated heterocycles. The zero-order valence-electron chi connectivity index (χ0n) is 17.7. The van der Waals surface area contributed by atoms with Crippen molar-refractivity contribution in [2.75, 3.05) is 31.6 Å². The molecular weight excluding hydrogens is 447 g/mol. The van der Waals surface area contributed by atoms with Gasteiger partial charge in [-0.25, -0.2) is 27.9 Å². The molecule has 1 fully saturated rings. The van der Waals surface area contributed by atoms with Gasteiger partial charge >= 0.3 is 6.03 Å². The summed E-state index contributed by atoms with van der Waals surface area (Å²) in [7, 11) is 0. The van der Waals surface area contributed by atoms with Crippen LogP contribution >= 0.6 is 11.6 Å². The molecule has 2 amide bonds. The number of aromatic nitrogens is 2. The van der Waals surface area contributed by atoms with Crippen molar-refractivity contribution in [3.05, 3.63) is 51.7 Å². The number of benzene rings is 1. The second-order valence-corrected chi connectivity index (χ2v) is 8.31. The number of fused-ring (bicyclic) bond motifs is 1. The third-order valence-corrected chi connectivity index (χ3v) is 5.80. The van der Waals surface area contributed by atoms with E-state index < -0.39 is 23.3 Å². The van der Waals surface area contributed by atoms with Crippen LogP contribution in [0, 0.1) is 5.82 Å². The second-order valence-electron chi connectivity index (χ2n) is 7.97. The molecule has 11 heteroatoms. The smallest absolute Gasteiger partial charge is 0.320 e. The molecule has 0 bridgehead atoms. The van der Waals surface area contributed by atoms with Gasteiger partial charge in [-0.3, -0.25) is 0 Å². The number of hydrogen-bond donors (Lipinski definition) is 1. The number of urea groups is 1. The van der Waals surface area contributed by atoms with Crippen LogP contribution in [0.5, 0.6) is 0 Å². The number of alkyl halides is 2. The van der Waals surface area contributed by atoms with Crippen LogP contribution in [0.1, 0.15) is 42.3 Å². The summed E-state index contributed by atoms with van der Waals surface area (Å²) in [4.78, 5) is 24.7. The molecule has 0 spiro atoms. The lowest BCUT2D eigenvalue weighted by Gasteiger charge is -2.30. The molecule has 0 saturated carbocycles. The molecule has 2 aliphatic rings. The van der Waals surface area contributed by atoms with E-state index in [2.05, 4.69) is 15.3 Å². The zero-order valence-corrected chi connectivity index (χ0v) is 18.4. The third kappa shape index (κ3) is 4.47. The molecule has 1 aromatic heterocycles. The number of ether oxygens (including phenoxy) is 1. The highest BCUT2D eigenvalue weighted by Crippen LogP contribution is 2.35. The summed E-state index contributed by atoms with van der Waals surface area (Å²) in [5.41, 5.74) is 0.666. The molecule has 32 heavy (non-hydrogen) atoms. The first-order chi connectivity index (χ1) is 15.1. The first kappa shape index (κ1) is 22.6. The van der Waals surface area contributed by atoms with E-state index in [9.17, 15) is 18.0 Å². The van der Waals surface area contributed by atoms with Gasteiger partial charge < -0.3 is 19.9 Å². The Morgan fingerprint density at radius 1 is 1.22 bits per heavy atom. The van der Waals surface area contributed by atoms with E-state index in [0.717, 1.165) is 6.07 Å². The van der Waals surface area contributed by atoms with E-state index in [4.69, 9.17) is 16.3 Å². The number of amides is 2. The van der Waals surface area contributed by atoms with Gasteiger partial charge in [0, 0.05) is 31.1 Å². The van der Waals surface area contributed by atoms with Crippen molar-refractivity contribution < 1.29 is 22.7 Å². The van der Waals surface area contributed by atoms with Crippen LogP contribution in [0.4, 0.5) is 23.8 Å². The minimum atomic E-state index is -3.31. The summed E-state index contributed by atoms with van der Waals surface area (Å²) >= 11 is 6.08. The minimum Gasteiger partial charge on any atom is -0.378 e. The van der Waals surface area contributed by atoms with Crippen molar-refractivity contribution in [1.82, 2.24) is 19.8 Å². The summed E-state index contributed by atoms with van der Waals surface area (Å²) in [5, 5.41) is 3.05. The number of hydrogen-bond acceptors (Lipinski definition) is 5. The standard InChI is InChI=1S/C21H23ClF3N5O2/c1-12(13-4-3-5-15(17(13)23)21(2,24)25)26-18-14-10-30(11-16(14)27-19(22)28-18)20(31)29-6-8-32-9-7-29/h3-5,12H,6-11H2,1-2H3,(H,26,27,28)/t12-/m1/s1. The maximum atomic E-state index is 14.8. The molecule has 7 nitrogen and oxygen atoms in total. The largest absolute Gasteiger partial charge is 0.378 e. The number of halogens is 4. The van der Waals surface area contributed by atoms with Crippen LogP contribution < -0.4 is 5.32 Å². The maximum Gasteiger partial charge on any atom is 0.320 e. The van der Waals surface area contributed by atoms with Crippen LogP contribution in [-0.4, -0.2) is 52.1 Å². The summed E-state index contributed by atoms with van der Waals surface area (Å²) < 4.78 is 47.6. The fourth-order valence-electron chi connectivity index (χ4n) is 3.94. The highest BCUT2D eigenvalue weighted by Gasteiger charge is 2.33. The number of anilines is 1. The molecule has 4 rings (SSSR count). The lowest BCUT2D eigenvalue weighted by molar-refractivity contribution is 0.0136. The summed E-state index contributed by atoms with van der Waals surface area (Å²) in [6.07, 6.45) is 0. The van der Waals surface area contributed by atoms with Crippen LogP contribution in [0.2, 0.25) is 5.28 Å². The van der Waals surface area contributed by atoms with Crippen molar-refractivity contribution >= 4 is 23.4 Å². The van der Waals surface area contributed by atoms with E-state index >= 15 is 0 Å². The van der Waals surface area contributed by atoms with Crippen molar-refractivity contribution in [2.45, 2.75) is 38.9 Å². The molecule has 172 valence electrons. The highest BCUT2D eigenvalue weighted by atomic mass is 35.5. The number of carbonyl (C=O) groups is 1. The van der Waals surface area contributed by atoms with E-state index in [1.165, 1.54) is 12.1 Å². The van der Waals surface area contributed by atoms with Gasteiger partial charge in [-0.15, -0.1) is 0 Å². The Kier molecular flexibility index (Phi) is 6.17. The van der Waals surface area contributed by atoms with Crippen LogP contribution in [0.15, 0.2) is 18.2 Å². The molecule has 1 atom stereocenters. The average Bonchev–Trinajstić information content (AvgIpc) is 3.17. The number of nitrogens with zero attached hydrogens (tertiary/aromatic N) is 4. The van der Waals surface area contributed by atoms with Crippen LogP contribution in [0.25, 0.3) is 0 Å². The van der Waals surface area contributed by atoms with Gasteiger partial charge in [0.05, 0.1) is 43.6 Å². The van der Waals surface area contributed by atoms with Gasteiger partial charge in [-0.2, -0.15) is 0 Å². The molecular formula is C21H23ClF3N5O2. The maximum absolute atomic E-state index is 14.8. The molecule has 1 aromatic carbocycles. The fraction of sp³-hybridized carbons (Fsp3) is 0.476. The monoisotopic (exact) mass is 469 g/mol. The molecule has 0 aliphatic carbocycles. The van der Waals surface area contributed by atoms with Crippen molar-refractivity contribution in [2.24, 2.45) is 0 Å². The van der Waals surface area contributed by atoms with Gasteiger partial charge in [-0.05, 0) is 18.5 Å². The number of nitrogens with one attached hydrogen (secondary N) is 1. The predicted octanol–water partition coefficient (Wildman–Crippen LogP) is 4.32. The Labute approximate surface area is 188 Å². The summed E-state index contributed by atoms with van der Waals surface area (Å²) in [5.74, 6) is -3.93. The van der Waals surface area contributed by atoms with Crippen molar-refractivity contribution in [3.8, 4) is 0 Å². The first-order valence-electron chi connectivity index (χ1n) is 10.2. The van der Waals surface area contributed by atoms with E-state index in [1.54, 1.807) is 16.7 Å². The van der Waals surface area contributed by atoms with Gasteiger partial charge in [0.15, 0.2) is 0 Å². The summed E-state index contributed by atoms with van der Waals surface area (Å²) in [6, 6.07) is 3.09. The SMILES string of the molecule is C[C@@H](Nc1nc(Cl)nc2c1CN(C(=O)N1CCOCC1)C2)c1cccc(C(C)(F)F)c1F. The second kappa shape index (κ2) is 8.74. The molecule has 1 N–H and O–H groups in total. The first-order valence-corrected chi connectivity index (χ1v) is 10.6. The topological polar surface area (TPSA) is 70.6 Å². The van der Waals surface area contributed by atoms with E-state index in [-0.39, 0.29) is 30.0 Å². The highest BCUT2D eigenvalue weighted by molar-refractivity contribution is 6.28. The Hall–Kier alpha value is -2.59. The molecule has 2 aliphatic heterocycles. The van der Waals surface area contributed by atoms with Gasteiger partial charge in [0.2, 0.25) is 5.28 Å². The minimum absolute atomic E-state index is 0.0200. The van der Waals surface area contributed by atoms with E-state index in [0.29, 0.717) is 50.3 Å². The molecule has 3 heterocycles. The average molecular weight is 470 g/mol. The van der Waals surface area contributed by atoms with Crippen LogP contribution in [-0.2, 0) is 23.7 Å². The predicted molar refractivity (Wildman–Crippen MR) is 112 cm³/mol.